The van der Waals surface area contributed by atoms with Crippen LogP contribution in [0, 0.1) is 0 Å². The van der Waals surface area contributed by atoms with Crippen molar-refractivity contribution in [1.82, 2.24) is 4.57 Å². The number of rotatable bonds is 4. The zero-order chi connectivity index (χ0) is 13.1. The van der Waals surface area contributed by atoms with Crippen molar-refractivity contribution in [3.63, 3.8) is 0 Å². The zero-order valence-corrected chi connectivity index (χ0v) is 11.7. The van der Waals surface area contributed by atoms with E-state index in [1.807, 2.05) is 23.5 Å². The first kappa shape index (κ1) is 13.5. The van der Waals surface area contributed by atoms with Crippen LogP contribution in [0.4, 0.5) is 0 Å². The number of carbonyl (C=O) groups is 2. The van der Waals surface area contributed by atoms with Gasteiger partial charge >= 0.3 is 5.97 Å². The number of thioether (sulfide) groups is 2. The fourth-order valence-electron chi connectivity index (χ4n) is 1.89. The van der Waals surface area contributed by atoms with E-state index in [1.54, 1.807) is 10.8 Å². The predicted molar refractivity (Wildman–Crippen MR) is 75.0 cm³/mol. The van der Waals surface area contributed by atoms with Gasteiger partial charge in [-0.2, -0.15) is 23.5 Å². The first-order valence-corrected chi connectivity index (χ1v) is 7.92. The number of nitrogens with zero attached hydrogens (tertiary/aromatic N) is 1. The molecule has 1 unspecified atom stereocenters. The molecule has 0 aromatic carbocycles. The van der Waals surface area contributed by atoms with E-state index in [-0.39, 0.29) is 11.5 Å². The van der Waals surface area contributed by atoms with Gasteiger partial charge in [0.15, 0.2) is 5.78 Å². The van der Waals surface area contributed by atoms with E-state index in [4.69, 9.17) is 5.11 Å². The van der Waals surface area contributed by atoms with Gasteiger partial charge in [0, 0.05) is 40.8 Å². The lowest BCUT2D eigenvalue weighted by Crippen LogP contribution is -2.22. The number of hydrogen-bond donors (Lipinski definition) is 1. The third-order valence-corrected chi connectivity index (χ3v) is 5.63. The maximum atomic E-state index is 11.3. The van der Waals surface area contributed by atoms with Gasteiger partial charge in [-0.25, -0.2) is 4.79 Å². The molecule has 1 N–H and O–H groups in total. The molecule has 1 aliphatic rings. The predicted octanol–water partition coefficient (Wildman–Crippen LogP) is 2.24. The molecule has 1 saturated heterocycles. The first-order chi connectivity index (χ1) is 8.58. The van der Waals surface area contributed by atoms with Gasteiger partial charge in [-0.05, 0) is 13.0 Å². The summed E-state index contributed by atoms with van der Waals surface area (Å²) in [5, 5.41) is 9.57. The molecular formula is C12H15NO3S2. The molecule has 1 atom stereocenters. The molecule has 0 amide bonds. The molecule has 1 aromatic rings. The van der Waals surface area contributed by atoms with Crippen LogP contribution in [0.2, 0.25) is 0 Å². The minimum atomic E-state index is -0.976. The largest absolute Gasteiger partial charge is 0.477 e. The summed E-state index contributed by atoms with van der Waals surface area (Å²) in [7, 11) is 0. The topological polar surface area (TPSA) is 59.3 Å². The minimum Gasteiger partial charge on any atom is -0.477 e. The number of carboxylic acids is 1. The third kappa shape index (κ3) is 3.11. The quantitative estimate of drug-likeness (QED) is 0.860. The summed E-state index contributed by atoms with van der Waals surface area (Å²) < 4.78 is 1.70. The van der Waals surface area contributed by atoms with Crippen LogP contribution >= 0.6 is 23.5 Å². The Balaban J connectivity index is 2.19. The smallest absolute Gasteiger partial charge is 0.352 e. The highest BCUT2D eigenvalue weighted by atomic mass is 32.2. The molecule has 18 heavy (non-hydrogen) atoms. The number of carbonyl (C=O) groups excluding carboxylic acids is 1. The summed E-state index contributed by atoms with van der Waals surface area (Å²) in [6, 6.07) is 1.46. The van der Waals surface area contributed by atoms with Crippen molar-refractivity contribution in [1.29, 1.82) is 0 Å². The van der Waals surface area contributed by atoms with Gasteiger partial charge in [0.2, 0.25) is 0 Å². The van der Waals surface area contributed by atoms with Gasteiger partial charge in [-0.3, -0.25) is 4.79 Å². The van der Waals surface area contributed by atoms with Crippen molar-refractivity contribution in [2.45, 2.75) is 18.7 Å². The Labute approximate surface area is 114 Å². The van der Waals surface area contributed by atoms with Crippen LogP contribution in [-0.2, 0) is 6.54 Å². The van der Waals surface area contributed by atoms with E-state index < -0.39 is 5.97 Å². The number of aromatic carboxylic acids is 1. The van der Waals surface area contributed by atoms with E-state index in [1.165, 1.54) is 13.0 Å². The standard InChI is InChI=1S/C12H15NO3S2/c1-8(14)9-4-11(12(15)16)13(5-9)6-10-7-17-2-3-18-10/h4-5,10H,2-3,6-7H2,1H3,(H,15,16). The Morgan fingerprint density at radius 2 is 2.28 bits per heavy atom. The van der Waals surface area contributed by atoms with Gasteiger partial charge in [-0.15, -0.1) is 0 Å². The lowest BCUT2D eigenvalue weighted by atomic mass is 10.2. The average Bonchev–Trinajstić information content (AvgIpc) is 2.74. The molecule has 0 radical (unpaired) electrons. The van der Waals surface area contributed by atoms with E-state index in [0.29, 0.717) is 17.4 Å². The van der Waals surface area contributed by atoms with Crippen molar-refractivity contribution in [3.8, 4) is 0 Å². The van der Waals surface area contributed by atoms with Gasteiger partial charge in [0.05, 0.1) is 0 Å². The minimum absolute atomic E-state index is 0.0954. The fraction of sp³-hybridized carbons (Fsp3) is 0.500. The lowest BCUT2D eigenvalue weighted by Gasteiger charge is -2.21. The number of Topliss-reactive ketones (excluding diaryl/α,β-unsaturated/α-hetero) is 1. The van der Waals surface area contributed by atoms with Crippen LogP contribution < -0.4 is 0 Å². The van der Waals surface area contributed by atoms with Crippen molar-refractivity contribution in [2.75, 3.05) is 17.3 Å². The van der Waals surface area contributed by atoms with Crippen LogP contribution in [0.25, 0.3) is 0 Å². The summed E-state index contributed by atoms with van der Waals surface area (Å²) >= 11 is 3.78. The van der Waals surface area contributed by atoms with Crippen molar-refractivity contribution >= 4 is 35.3 Å². The molecule has 1 aromatic heterocycles. The van der Waals surface area contributed by atoms with E-state index in [0.717, 1.165) is 17.3 Å². The molecule has 4 nitrogen and oxygen atoms in total. The van der Waals surface area contributed by atoms with Crippen LogP contribution in [0.3, 0.4) is 0 Å². The molecule has 6 heteroatoms. The highest BCUT2D eigenvalue weighted by Crippen LogP contribution is 2.26. The Hall–Kier alpha value is -0.880. The second-order valence-electron chi connectivity index (χ2n) is 4.20. The van der Waals surface area contributed by atoms with Crippen LogP contribution in [-0.4, -0.2) is 43.9 Å². The maximum absolute atomic E-state index is 11.3. The number of hydrogen-bond acceptors (Lipinski definition) is 4. The third-order valence-electron chi connectivity index (χ3n) is 2.81. The van der Waals surface area contributed by atoms with Crippen LogP contribution in [0.1, 0.15) is 27.8 Å². The molecule has 0 spiro atoms. The van der Waals surface area contributed by atoms with Crippen LogP contribution in [0.5, 0.6) is 0 Å². The molecule has 98 valence electrons. The first-order valence-electron chi connectivity index (χ1n) is 5.71. The van der Waals surface area contributed by atoms with Gasteiger partial charge in [-0.1, -0.05) is 0 Å². The SMILES string of the molecule is CC(=O)c1cc(C(=O)O)n(CC2CSCCS2)c1. The second kappa shape index (κ2) is 5.84. The fourth-order valence-corrected chi connectivity index (χ4v) is 4.56. The van der Waals surface area contributed by atoms with Crippen molar-refractivity contribution < 1.29 is 14.7 Å². The summed E-state index contributed by atoms with van der Waals surface area (Å²) in [6.07, 6.45) is 1.66. The Bertz CT molecular complexity index is 464. The van der Waals surface area contributed by atoms with Gasteiger partial charge < -0.3 is 9.67 Å². The summed E-state index contributed by atoms with van der Waals surface area (Å²) in [6.45, 7) is 2.11. The molecule has 1 fully saturated rings. The molecule has 0 saturated carbocycles. The molecule has 1 aliphatic heterocycles. The molecule has 2 rings (SSSR count). The van der Waals surface area contributed by atoms with E-state index in [9.17, 15) is 9.59 Å². The zero-order valence-electron chi connectivity index (χ0n) is 10.1. The van der Waals surface area contributed by atoms with E-state index >= 15 is 0 Å². The Morgan fingerprint density at radius 3 is 2.83 bits per heavy atom. The van der Waals surface area contributed by atoms with E-state index in [2.05, 4.69) is 0 Å². The summed E-state index contributed by atoms with van der Waals surface area (Å²) in [5.74, 6) is 2.24. The summed E-state index contributed by atoms with van der Waals surface area (Å²) in [4.78, 5) is 22.5. The maximum Gasteiger partial charge on any atom is 0.352 e. The second-order valence-corrected chi connectivity index (χ2v) is 6.75. The number of carboxylic acid groups (broad SMARTS) is 1. The molecule has 0 bridgehead atoms. The monoisotopic (exact) mass is 285 g/mol. The number of ketones is 1. The Morgan fingerprint density at radius 1 is 1.50 bits per heavy atom. The van der Waals surface area contributed by atoms with Crippen LogP contribution in [0.15, 0.2) is 12.3 Å². The van der Waals surface area contributed by atoms with Crippen molar-refractivity contribution in [2.24, 2.45) is 0 Å². The summed E-state index contributed by atoms with van der Waals surface area (Å²) in [5.41, 5.74) is 0.678. The highest BCUT2D eigenvalue weighted by Gasteiger charge is 2.20. The highest BCUT2D eigenvalue weighted by molar-refractivity contribution is 8.06. The number of aromatic nitrogens is 1. The average molecular weight is 285 g/mol. The normalized spacial score (nSPS) is 19.7. The van der Waals surface area contributed by atoms with Crippen molar-refractivity contribution in [3.05, 3.63) is 23.5 Å². The van der Waals surface area contributed by atoms with Gasteiger partial charge in [0.1, 0.15) is 5.69 Å². The molecule has 0 aliphatic carbocycles. The van der Waals surface area contributed by atoms with Gasteiger partial charge in [0.25, 0.3) is 0 Å². The molecule has 2 heterocycles. The lowest BCUT2D eigenvalue weighted by molar-refractivity contribution is 0.0685. The Kier molecular flexibility index (Phi) is 4.40. The molecular weight excluding hydrogens is 270 g/mol.